The Balaban J connectivity index is 1.15. The van der Waals surface area contributed by atoms with Gasteiger partial charge in [0, 0.05) is 36.9 Å². The smallest absolute Gasteiger partial charge is 0.114 e. The molecule has 3 unspecified atom stereocenters. The molecular formula is C32H39FN2O. The van der Waals surface area contributed by atoms with Gasteiger partial charge >= 0.3 is 0 Å². The number of nitrogens with zero attached hydrogens (tertiary/aromatic N) is 2. The summed E-state index contributed by atoms with van der Waals surface area (Å²) in [7, 11) is 0. The van der Waals surface area contributed by atoms with Gasteiger partial charge in [-0.25, -0.2) is 4.39 Å². The molecule has 1 saturated carbocycles. The lowest BCUT2D eigenvalue weighted by Gasteiger charge is -2.49. The van der Waals surface area contributed by atoms with Gasteiger partial charge in [-0.15, -0.1) is 0 Å². The topological polar surface area (TPSA) is 25.4 Å². The summed E-state index contributed by atoms with van der Waals surface area (Å²) in [4.78, 5) is 6.77. The van der Waals surface area contributed by atoms with Gasteiger partial charge in [0.15, 0.2) is 0 Å². The van der Waals surface area contributed by atoms with Crippen molar-refractivity contribution in [2.45, 2.75) is 100 Å². The number of hydrogen-bond donors (Lipinski definition) is 0. The van der Waals surface area contributed by atoms with Crippen molar-refractivity contribution in [3.63, 3.8) is 0 Å². The summed E-state index contributed by atoms with van der Waals surface area (Å²) in [6.07, 6.45) is 19.3. The molecule has 7 rings (SSSR count). The Labute approximate surface area is 214 Å². The van der Waals surface area contributed by atoms with E-state index in [1.165, 1.54) is 46.7 Å². The third-order valence-corrected chi connectivity index (χ3v) is 10.4. The highest BCUT2D eigenvalue weighted by atomic mass is 19.1. The van der Waals surface area contributed by atoms with Crippen molar-refractivity contribution in [2.24, 2.45) is 5.92 Å². The lowest BCUT2D eigenvalue weighted by atomic mass is 9.74. The van der Waals surface area contributed by atoms with E-state index in [0.29, 0.717) is 30.8 Å². The number of pyridine rings is 1. The van der Waals surface area contributed by atoms with E-state index in [1.54, 1.807) is 0 Å². The van der Waals surface area contributed by atoms with Gasteiger partial charge in [0.1, 0.15) is 6.17 Å². The lowest BCUT2D eigenvalue weighted by molar-refractivity contribution is -0.116. The van der Waals surface area contributed by atoms with Crippen molar-refractivity contribution >= 4 is 10.8 Å². The van der Waals surface area contributed by atoms with Crippen LogP contribution in [0.5, 0.6) is 0 Å². The molecule has 0 amide bonds. The molecule has 4 heteroatoms. The molecule has 6 atom stereocenters. The molecule has 1 aromatic carbocycles. The first-order valence-electron chi connectivity index (χ1n) is 14.4. The zero-order chi connectivity index (χ0) is 24.3. The first-order valence-corrected chi connectivity index (χ1v) is 14.4. The molecule has 5 aliphatic rings. The quantitative estimate of drug-likeness (QED) is 0.446. The fourth-order valence-corrected chi connectivity index (χ4v) is 8.30. The second-order valence-electron chi connectivity index (χ2n) is 12.3. The largest absolute Gasteiger partial charge is 0.359 e. The van der Waals surface area contributed by atoms with Crippen LogP contribution in [-0.2, 0) is 4.74 Å². The number of alkyl halides is 1. The van der Waals surface area contributed by atoms with Crippen molar-refractivity contribution < 1.29 is 9.13 Å². The maximum Gasteiger partial charge on any atom is 0.114 e. The number of likely N-dealkylation sites (tertiary alicyclic amines) is 1. The second-order valence-corrected chi connectivity index (χ2v) is 12.3. The summed E-state index contributed by atoms with van der Waals surface area (Å²) in [5, 5.41) is 2.51. The SMILES string of the molecule is C[C@H]1CCC(c2ccc3ccncc3c2)CC/C=C2/C=C3CCC(N4CCC(F)C4)C[C@]34CC[C@@]21O4. The summed E-state index contributed by atoms with van der Waals surface area (Å²) in [6, 6.07) is 9.54. The van der Waals surface area contributed by atoms with Gasteiger partial charge in [-0.3, -0.25) is 9.88 Å². The number of rotatable bonds is 2. The van der Waals surface area contributed by atoms with Crippen molar-refractivity contribution in [3.05, 3.63) is 65.5 Å². The Kier molecular flexibility index (Phi) is 5.63. The fraction of sp³-hybridized carbons (Fsp3) is 0.594. The Bertz CT molecular complexity index is 1220. The lowest BCUT2D eigenvalue weighted by Crippen LogP contribution is -2.51. The van der Waals surface area contributed by atoms with Crippen molar-refractivity contribution in [1.29, 1.82) is 0 Å². The molecule has 190 valence electrons. The number of ether oxygens (including phenoxy) is 1. The fourth-order valence-electron chi connectivity index (χ4n) is 8.30. The summed E-state index contributed by atoms with van der Waals surface area (Å²) < 4.78 is 21.3. The van der Waals surface area contributed by atoms with E-state index in [9.17, 15) is 4.39 Å². The zero-order valence-corrected chi connectivity index (χ0v) is 21.6. The third-order valence-electron chi connectivity index (χ3n) is 10.4. The van der Waals surface area contributed by atoms with Crippen molar-refractivity contribution in [2.75, 3.05) is 13.1 Å². The number of fused-ring (bicyclic) bond motifs is 1. The highest BCUT2D eigenvalue weighted by molar-refractivity contribution is 5.82. The first-order chi connectivity index (χ1) is 17.5. The van der Waals surface area contributed by atoms with Gasteiger partial charge in [-0.1, -0.05) is 31.2 Å². The van der Waals surface area contributed by atoms with Crippen LogP contribution >= 0.6 is 0 Å². The molecule has 2 aromatic rings. The number of halogens is 1. The Hall–Kier alpha value is -2.04. The van der Waals surface area contributed by atoms with Crippen LogP contribution in [0.4, 0.5) is 4.39 Å². The number of allylic oxidation sites excluding steroid dienone is 1. The van der Waals surface area contributed by atoms with E-state index in [0.717, 1.165) is 45.1 Å². The van der Waals surface area contributed by atoms with Gasteiger partial charge in [0.2, 0.25) is 0 Å². The molecule has 36 heavy (non-hydrogen) atoms. The molecule has 2 spiro atoms. The van der Waals surface area contributed by atoms with Crippen LogP contribution in [0.15, 0.2) is 60.0 Å². The molecule has 0 radical (unpaired) electrons. The highest BCUT2D eigenvalue weighted by Crippen LogP contribution is 2.59. The van der Waals surface area contributed by atoms with E-state index >= 15 is 0 Å². The molecule has 1 aromatic heterocycles. The van der Waals surface area contributed by atoms with Gasteiger partial charge < -0.3 is 4.74 Å². The molecule has 4 heterocycles. The van der Waals surface area contributed by atoms with Crippen LogP contribution in [0, 0.1) is 5.92 Å². The molecule has 2 bridgehead atoms. The van der Waals surface area contributed by atoms with Crippen LogP contribution in [0.3, 0.4) is 0 Å². The summed E-state index contributed by atoms with van der Waals surface area (Å²) >= 11 is 0. The standard InChI is InChI=1S/C32H39FN2O/c1-22-5-6-23(25-8-7-24-11-15-34-20-26(24)17-25)3-2-4-28-18-27-9-10-30(35-16-12-29(33)21-35)19-31(27)13-14-32(22,28)36-31/h4,7-8,11,15,17-18,20,22-23,29-30H,2-3,5-6,9-10,12-14,16,19,21H2,1H3/b28-4-/t22-,23?,29?,30?,31+,32-/m0/s1. The molecule has 3 nitrogen and oxygen atoms in total. The van der Waals surface area contributed by atoms with Crippen LogP contribution < -0.4 is 0 Å². The van der Waals surface area contributed by atoms with Gasteiger partial charge in [0.05, 0.1) is 11.2 Å². The molecule has 3 aliphatic heterocycles. The predicted molar refractivity (Wildman–Crippen MR) is 143 cm³/mol. The summed E-state index contributed by atoms with van der Waals surface area (Å²) in [6.45, 7) is 3.98. The average molecular weight is 487 g/mol. The second kappa shape index (κ2) is 8.77. The van der Waals surface area contributed by atoms with Gasteiger partial charge in [-0.2, -0.15) is 0 Å². The molecule has 2 saturated heterocycles. The predicted octanol–water partition coefficient (Wildman–Crippen LogP) is 7.28. The minimum atomic E-state index is -0.641. The number of benzene rings is 1. The average Bonchev–Trinajstić information content (AvgIpc) is 3.49. The van der Waals surface area contributed by atoms with Gasteiger partial charge in [0.25, 0.3) is 0 Å². The maximum absolute atomic E-state index is 14.0. The van der Waals surface area contributed by atoms with Gasteiger partial charge in [-0.05, 0) is 110 Å². The Morgan fingerprint density at radius 3 is 2.89 bits per heavy atom. The van der Waals surface area contributed by atoms with E-state index < -0.39 is 6.17 Å². The zero-order valence-electron chi connectivity index (χ0n) is 21.6. The molecule has 0 N–H and O–H groups in total. The van der Waals surface area contributed by atoms with Crippen LogP contribution in [0.25, 0.3) is 10.8 Å². The van der Waals surface area contributed by atoms with Crippen LogP contribution in [-0.4, -0.2) is 46.4 Å². The van der Waals surface area contributed by atoms with E-state index in [-0.39, 0.29) is 11.2 Å². The first kappa shape index (κ1) is 23.1. The maximum atomic E-state index is 14.0. The van der Waals surface area contributed by atoms with Crippen LogP contribution in [0.1, 0.15) is 82.6 Å². The van der Waals surface area contributed by atoms with Crippen LogP contribution in [0.2, 0.25) is 0 Å². The molecule has 3 fully saturated rings. The molecule has 2 aliphatic carbocycles. The number of hydrogen-bond acceptors (Lipinski definition) is 3. The monoisotopic (exact) mass is 486 g/mol. The highest BCUT2D eigenvalue weighted by Gasteiger charge is 2.59. The third kappa shape index (κ3) is 3.70. The van der Waals surface area contributed by atoms with E-state index in [4.69, 9.17) is 4.74 Å². The Morgan fingerprint density at radius 1 is 1.06 bits per heavy atom. The minimum absolute atomic E-state index is 0.109. The van der Waals surface area contributed by atoms with Crippen molar-refractivity contribution in [1.82, 2.24) is 9.88 Å². The van der Waals surface area contributed by atoms with E-state index in [1.807, 2.05) is 12.4 Å². The van der Waals surface area contributed by atoms with E-state index in [2.05, 4.69) is 53.2 Å². The van der Waals surface area contributed by atoms with Crippen molar-refractivity contribution in [3.8, 4) is 0 Å². The summed E-state index contributed by atoms with van der Waals surface area (Å²) in [5.41, 5.74) is 4.20. The molecular weight excluding hydrogens is 447 g/mol. The normalized spacial score (nSPS) is 40.4. The summed E-state index contributed by atoms with van der Waals surface area (Å²) in [5.74, 6) is 1.06. The minimum Gasteiger partial charge on any atom is -0.359 e. The Morgan fingerprint density at radius 2 is 2.00 bits per heavy atom. The number of aromatic nitrogens is 1.